The highest BCUT2D eigenvalue weighted by molar-refractivity contribution is 7.47. The summed E-state index contributed by atoms with van der Waals surface area (Å²) in [6.45, 7) is 16.4. The summed E-state index contributed by atoms with van der Waals surface area (Å²) in [6.07, 6.45) is 9.57. The van der Waals surface area contributed by atoms with Crippen LogP contribution < -0.4 is 20.7 Å². The van der Waals surface area contributed by atoms with Gasteiger partial charge in [0.05, 0.1) is 12.7 Å². The first-order valence-corrected chi connectivity index (χ1v) is 20.2. The van der Waals surface area contributed by atoms with Gasteiger partial charge < -0.3 is 19.7 Å². The number of halogens is 2. The minimum Gasteiger partial charge on any atom is -0.487 e. The number of hydrogen-bond acceptors (Lipinski definition) is 8. The predicted molar refractivity (Wildman–Crippen MR) is 196 cm³/mol. The fraction of sp³-hybridized carbons (Fsp3) is 0.737. The van der Waals surface area contributed by atoms with Gasteiger partial charge in [0, 0.05) is 18.2 Å². The van der Waals surface area contributed by atoms with Gasteiger partial charge in [-0.05, 0) is 93.9 Å². The molecule has 0 saturated carbocycles. The molecule has 0 amide bonds. The van der Waals surface area contributed by atoms with E-state index in [1.54, 1.807) is 6.92 Å². The number of ether oxygens (including phenoxy) is 2. The van der Waals surface area contributed by atoms with Gasteiger partial charge in [-0.3, -0.25) is 14.0 Å². The lowest BCUT2D eigenvalue weighted by molar-refractivity contribution is -0.119. The number of anilines is 1. The number of aromatic nitrogens is 2. The predicted octanol–water partition coefficient (Wildman–Crippen LogP) is 9.39. The lowest BCUT2D eigenvalue weighted by Crippen LogP contribution is -2.37. The fourth-order valence-electron chi connectivity index (χ4n) is 7.42. The zero-order valence-corrected chi connectivity index (χ0v) is 32.7. The van der Waals surface area contributed by atoms with E-state index in [9.17, 15) is 23.0 Å². The van der Waals surface area contributed by atoms with E-state index in [1.807, 2.05) is 13.8 Å². The molecule has 2 aromatic rings. The summed E-state index contributed by atoms with van der Waals surface area (Å²) in [6, 6.07) is 1.21. The maximum Gasteiger partial charge on any atom is 0.527 e. The Morgan fingerprint density at radius 2 is 1.67 bits per heavy atom. The zero-order chi connectivity index (χ0) is 37.7. The molecule has 1 unspecified atom stereocenters. The molecule has 0 radical (unpaired) electrons. The third-order valence-electron chi connectivity index (χ3n) is 10.8. The van der Waals surface area contributed by atoms with E-state index in [4.69, 9.17) is 24.3 Å². The Kier molecular flexibility index (Phi) is 13.8. The number of nitrogens with zero attached hydrogens (tertiary/aromatic N) is 2. The maximum atomic E-state index is 14.8. The van der Waals surface area contributed by atoms with Gasteiger partial charge >= 0.3 is 13.5 Å². The standard InChI is InChI=1S/C38H60F2N3O7P/c1-24(2)12-9-13-25(3)14-10-15-26(4)16-11-19-37(8)20-17-31-29(7)33(27(5)28(6)34(31)49-37)50-51(45,46)47-23-30-22-38(39,40)35(48-30)43-21-18-32(41)42-36(43)44/h18,21,24-26,30,35H,9-17,19-20,22-23H2,1-8H3,(H,45,46)(H2,41,42,44)/t25-,26-,30+,35-,37-/m1/s1. The molecule has 1 aromatic heterocycles. The molecule has 10 nitrogen and oxygen atoms in total. The molecule has 2 aliphatic heterocycles. The van der Waals surface area contributed by atoms with Gasteiger partial charge in [0.1, 0.15) is 22.9 Å². The van der Waals surface area contributed by atoms with Crippen LogP contribution >= 0.6 is 7.82 Å². The van der Waals surface area contributed by atoms with Crippen LogP contribution in [-0.4, -0.2) is 38.7 Å². The van der Waals surface area contributed by atoms with Crippen LogP contribution in [0, 0.1) is 38.5 Å². The molecule has 1 aromatic carbocycles. The van der Waals surface area contributed by atoms with Gasteiger partial charge in [-0.1, -0.05) is 72.6 Å². The third kappa shape index (κ3) is 11.0. The minimum atomic E-state index is -4.76. The van der Waals surface area contributed by atoms with Gasteiger partial charge in [0.15, 0.2) is 0 Å². The lowest BCUT2D eigenvalue weighted by Gasteiger charge is -2.38. The molecule has 1 fully saturated rings. The van der Waals surface area contributed by atoms with Gasteiger partial charge in [0.25, 0.3) is 5.92 Å². The monoisotopic (exact) mass is 739 g/mol. The molecule has 288 valence electrons. The molecular formula is C38H60F2N3O7P. The molecule has 2 aliphatic rings. The second-order valence-corrected chi connectivity index (χ2v) is 17.3. The topological polar surface area (TPSA) is 135 Å². The summed E-state index contributed by atoms with van der Waals surface area (Å²) >= 11 is 0. The quantitative estimate of drug-likeness (QED) is 0.143. The molecule has 6 atom stereocenters. The Labute approximate surface area is 302 Å². The Balaban J connectivity index is 1.30. The normalized spacial score (nSPS) is 23.8. The summed E-state index contributed by atoms with van der Waals surface area (Å²) in [5.41, 5.74) is 7.21. The van der Waals surface area contributed by atoms with Gasteiger partial charge in [0.2, 0.25) is 6.23 Å². The molecule has 0 bridgehead atoms. The number of benzene rings is 1. The van der Waals surface area contributed by atoms with Crippen molar-refractivity contribution in [2.24, 2.45) is 17.8 Å². The van der Waals surface area contributed by atoms with Gasteiger partial charge in [-0.25, -0.2) is 18.1 Å². The molecule has 1 saturated heterocycles. The number of alkyl halides is 2. The largest absolute Gasteiger partial charge is 0.527 e. The van der Waals surface area contributed by atoms with Gasteiger partial charge in [-0.2, -0.15) is 4.98 Å². The summed E-state index contributed by atoms with van der Waals surface area (Å²) in [7, 11) is -4.76. The average molecular weight is 740 g/mol. The number of fused-ring (bicyclic) bond motifs is 1. The smallest absolute Gasteiger partial charge is 0.487 e. The van der Waals surface area contributed by atoms with Crippen LogP contribution in [0.4, 0.5) is 14.6 Å². The third-order valence-corrected chi connectivity index (χ3v) is 11.6. The Hall–Kier alpha value is -2.53. The lowest BCUT2D eigenvalue weighted by atomic mass is 9.84. The number of phosphoric acid groups is 1. The minimum absolute atomic E-state index is 0.113. The fourth-order valence-corrected chi connectivity index (χ4v) is 8.33. The van der Waals surface area contributed by atoms with Crippen LogP contribution in [0.1, 0.15) is 134 Å². The van der Waals surface area contributed by atoms with E-state index >= 15 is 0 Å². The SMILES string of the molecule is Cc1c(C)c2c(c(C)c1OP(=O)(O)OC[C@@H]1CC(F)(F)[C@H](n3ccc(N)nc3=O)O1)CC[C@@](C)(CCC[C@H](C)CCC[C@H](C)CCCC(C)C)O2. The molecule has 0 spiro atoms. The van der Waals surface area contributed by atoms with E-state index < -0.39 is 44.8 Å². The summed E-state index contributed by atoms with van der Waals surface area (Å²) in [5, 5.41) is 0. The number of nitrogens with two attached hydrogens (primary N) is 1. The van der Waals surface area contributed by atoms with Crippen LogP contribution in [0.2, 0.25) is 0 Å². The number of nitrogen functional groups attached to an aromatic ring is 1. The molecule has 13 heteroatoms. The maximum absolute atomic E-state index is 14.8. The van der Waals surface area contributed by atoms with E-state index in [2.05, 4.69) is 39.6 Å². The van der Waals surface area contributed by atoms with Crippen molar-refractivity contribution in [1.82, 2.24) is 9.55 Å². The average Bonchev–Trinajstić information content (AvgIpc) is 3.34. The van der Waals surface area contributed by atoms with Crippen molar-refractivity contribution in [3.8, 4) is 11.5 Å². The molecule has 3 heterocycles. The second kappa shape index (κ2) is 17.1. The highest BCUT2D eigenvalue weighted by Crippen LogP contribution is 2.52. The van der Waals surface area contributed by atoms with Crippen molar-refractivity contribution >= 4 is 13.6 Å². The van der Waals surface area contributed by atoms with Gasteiger partial charge in [-0.15, -0.1) is 0 Å². The molecule has 51 heavy (non-hydrogen) atoms. The second-order valence-electron chi connectivity index (χ2n) is 15.9. The Bertz CT molecular complexity index is 1600. The summed E-state index contributed by atoms with van der Waals surface area (Å²) in [4.78, 5) is 26.3. The summed E-state index contributed by atoms with van der Waals surface area (Å²) < 4.78 is 66.2. The first-order valence-electron chi connectivity index (χ1n) is 18.7. The first kappa shape index (κ1) is 41.2. The van der Waals surface area contributed by atoms with Crippen LogP contribution in [-0.2, 0) is 20.2 Å². The van der Waals surface area contributed by atoms with Crippen molar-refractivity contribution in [3.63, 3.8) is 0 Å². The highest BCUT2D eigenvalue weighted by atomic mass is 31.2. The molecule has 3 N–H and O–H groups in total. The van der Waals surface area contributed by atoms with E-state index in [0.717, 1.165) is 60.6 Å². The van der Waals surface area contributed by atoms with E-state index in [0.29, 0.717) is 21.6 Å². The highest BCUT2D eigenvalue weighted by Gasteiger charge is 2.52. The first-order chi connectivity index (χ1) is 23.8. The molecule has 0 aliphatic carbocycles. The van der Waals surface area contributed by atoms with E-state index in [-0.39, 0.29) is 17.2 Å². The van der Waals surface area contributed by atoms with Crippen LogP contribution in [0.3, 0.4) is 0 Å². The number of phosphoric ester groups is 1. The van der Waals surface area contributed by atoms with Crippen molar-refractivity contribution in [2.75, 3.05) is 12.3 Å². The van der Waals surface area contributed by atoms with Crippen LogP contribution in [0.15, 0.2) is 17.1 Å². The van der Waals surface area contributed by atoms with Crippen molar-refractivity contribution in [1.29, 1.82) is 0 Å². The zero-order valence-electron chi connectivity index (χ0n) is 31.8. The molecular weight excluding hydrogens is 679 g/mol. The number of hydrogen-bond donors (Lipinski definition) is 2. The number of rotatable bonds is 18. The van der Waals surface area contributed by atoms with Crippen LogP contribution in [0.25, 0.3) is 0 Å². The van der Waals surface area contributed by atoms with Crippen molar-refractivity contribution in [3.05, 3.63) is 45.0 Å². The Morgan fingerprint density at radius 1 is 1.04 bits per heavy atom. The van der Waals surface area contributed by atoms with Crippen molar-refractivity contribution in [2.45, 2.75) is 156 Å². The molecule has 4 rings (SSSR count). The van der Waals surface area contributed by atoms with Crippen LogP contribution in [0.5, 0.6) is 11.5 Å². The summed E-state index contributed by atoms with van der Waals surface area (Å²) in [5.74, 6) is -0.308. The Morgan fingerprint density at radius 3 is 2.29 bits per heavy atom. The van der Waals surface area contributed by atoms with Crippen molar-refractivity contribution < 1.29 is 36.8 Å². The van der Waals surface area contributed by atoms with E-state index in [1.165, 1.54) is 51.0 Å².